The predicted molar refractivity (Wildman–Crippen MR) is 118 cm³/mol. The van der Waals surface area contributed by atoms with Crippen LogP contribution < -0.4 is 10.1 Å². The van der Waals surface area contributed by atoms with Gasteiger partial charge in [-0.1, -0.05) is 42.5 Å². The molecule has 2 N–H and O–H groups in total. The van der Waals surface area contributed by atoms with Crippen LogP contribution in [0.3, 0.4) is 0 Å². The number of methoxy groups -OCH3 is 1. The Morgan fingerprint density at radius 3 is 2.50 bits per heavy atom. The van der Waals surface area contributed by atoms with Crippen molar-refractivity contribution in [2.75, 3.05) is 20.7 Å². The molecule has 4 rings (SSSR count). The summed E-state index contributed by atoms with van der Waals surface area (Å²) in [5.74, 6) is 0.477. The van der Waals surface area contributed by atoms with Crippen molar-refractivity contribution in [2.45, 2.75) is 12.1 Å². The van der Waals surface area contributed by atoms with E-state index < -0.39 is 12.1 Å². The lowest BCUT2D eigenvalue weighted by Crippen LogP contribution is -2.33. The molecule has 0 spiro atoms. The third-order valence-electron chi connectivity index (χ3n) is 5.41. The number of hydrogen-bond donors (Lipinski definition) is 2. The molecule has 30 heavy (non-hydrogen) atoms. The Kier molecular flexibility index (Phi) is 5.84. The fourth-order valence-corrected chi connectivity index (χ4v) is 4.01. The van der Waals surface area contributed by atoms with Gasteiger partial charge in [-0.2, -0.15) is 0 Å². The molecule has 4 nitrogen and oxygen atoms in total. The SMILES string of the molecule is CNC[C@@H](O)[C@H](c1cccc(F)c1)n1cc(-c2ccc(OC)cc2)c2ccccc21. The van der Waals surface area contributed by atoms with Crippen LogP contribution >= 0.6 is 0 Å². The summed E-state index contributed by atoms with van der Waals surface area (Å²) in [6.07, 6.45) is 1.30. The second-order valence-electron chi connectivity index (χ2n) is 7.32. The summed E-state index contributed by atoms with van der Waals surface area (Å²) >= 11 is 0. The number of fused-ring (bicyclic) bond motifs is 1. The van der Waals surface area contributed by atoms with Gasteiger partial charge in [-0.05, 0) is 48.5 Å². The molecule has 154 valence electrons. The molecule has 3 aromatic carbocycles. The van der Waals surface area contributed by atoms with Gasteiger partial charge in [-0.25, -0.2) is 4.39 Å². The number of aliphatic hydroxyl groups is 1. The molecule has 0 bridgehead atoms. The first-order valence-electron chi connectivity index (χ1n) is 9.94. The number of para-hydroxylation sites is 1. The maximum Gasteiger partial charge on any atom is 0.123 e. The molecule has 0 aliphatic rings. The van der Waals surface area contributed by atoms with E-state index in [9.17, 15) is 9.50 Å². The van der Waals surface area contributed by atoms with Crippen molar-refractivity contribution in [2.24, 2.45) is 0 Å². The predicted octanol–water partition coefficient (Wildman–Crippen LogP) is 4.63. The summed E-state index contributed by atoms with van der Waals surface area (Å²) in [4.78, 5) is 0. The van der Waals surface area contributed by atoms with Gasteiger partial charge in [0.25, 0.3) is 0 Å². The van der Waals surface area contributed by atoms with Crippen LogP contribution in [0.4, 0.5) is 4.39 Å². The molecule has 2 atom stereocenters. The van der Waals surface area contributed by atoms with Crippen LogP contribution in [-0.2, 0) is 0 Å². The fraction of sp³-hybridized carbons (Fsp3) is 0.200. The van der Waals surface area contributed by atoms with Crippen LogP contribution in [0.2, 0.25) is 0 Å². The van der Waals surface area contributed by atoms with Gasteiger partial charge in [-0.15, -0.1) is 0 Å². The number of aliphatic hydroxyl groups excluding tert-OH is 1. The monoisotopic (exact) mass is 404 g/mol. The van der Waals surface area contributed by atoms with E-state index in [0.29, 0.717) is 6.54 Å². The average Bonchev–Trinajstić information content (AvgIpc) is 3.14. The zero-order valence-electron chi connectivity index (χ0n) is 17.0. The highest BCUT2D eigenvalue weighted by Crippen LogP contribution is 2.36. The van der Waals surface area contributed by atoms with E-state index in [2.05, 4.69) is 11.4 Å². The Morgan fingerprint density at radius 1 is 1.03 bits per heavy atom. The van der Waals surface area contributed by atoms with Gasteiger partial charge < -0.3 is 19.7 Å². The molecule has 0 unspecified atom stereocenters. The van der Waals surface area contributed by atoms with Crippen LogP contribution in [-0.4, -0.2) is 36.5 Å². The largest absolute Gasteiger partial charge is 0.497 e. The lowest BCUT2D eigenvalue weighted by atomic mass is 10.0. The van der Waals surface area contributed by atoms with E-state index in [1.54, 1.807) is 20.2 Å². The molecule has 0 amide bonds. The van der Waals surface area contributed by atoms with Crippen LogP contribution in [0.25, 0.3) is 22.0 Å². The van der Waals surface area contributed by atoms with Gasteiger partial charge in [0, 0.05) is 29.2 Å². The lowest BCUT2D eigenvalue weighted by Gasteiger charge is -2.26. The third kappa shape index (κ3) is 3.82. The topological polar surface area (TPSA) is 46.4 Å². The number of nitrogens with one attached hydrogen (secondary N) is 1. The normalized spacial score (nSPS) is 13.3. The van der Waals surface area contributed by atoms with Crippen molar-refractivity contribution in [1.29, 1.82) is 0 Å². The van der Waals surface area contributed by atoms with Crippen LogP contribution in [0.5, 0.6) is 5.75 Å². The van der Waals surface area contributed by atoms with Gasteiger partial charge in [0.2, 0.25) is 0 Å². The first kappa shape index (κ1) is 20.1. The number of ether oxygens (including phenoxy) is 1. The molecule has 1 aromatic heterocycles. The number of likely N-dealkylation sites (N-methyl/N-ethyl adjacent to an activating group) is 1. The van der Waals surface area contributed by atoms with Crippen LogP contribution in [0, 0.1) is 5.82 Å². The molecule has 0 aliphatic carbocycles. The van der Waals surface area contributed by atoms with Gasteiger partial charge in [0.05, 0.1) is 19.3 Å². The number of halogens is 1. The summed E-state index contributed by atoms with van der Waals surface area (Å²) < 4.78 is 21.4. The van der Waals surface area contributed by atoms with Gasteiger partial charge in [0.15, 0.2) is 0 Å². The Morgan fingerprint density at radius 2 is 1.80 bits per heavy atom. The number of hydrogen-bond acceptors (Lipinski definition) is 3. The molecule has 4 aromatic rings. The third-order valence-corrected chi connectivity index (χ3v) is 5.41. The number of nitrogens with zero attached hydrogens (tertiary/aromatic N) is 1. The smallest absolute Gasteiger partial charge is 0.123 e. The van der Waals surface area contributed by atoms with E-state index in [4.69, 9.17) is 4.74 Å². The Hall–Kier alpha value is -3.15. The van der Waals surface area contributed by atoms with Gasteiger partial charge >= 0.3 is 0 Å². The van der Waals surface area contributed by atoms with E-state index in [1.807, 2.05) is 59.3 Å². The summed E-state index contributed by atoms with van der Waals surface area (Å²) in [5, 5.41) is 15.1. The van der Waals surface area contributed by atoms with Crippen molar-refractivity contribution in [3.05, 3.63) is 90.4 Å². The Labute approximate surface area is 175 Å². The zero-order chi connectivity index (χ0) is 21.1. The summed E-state index contributed by atoms with van der Waals surface area (Å²) in [7, 11) is 3.44. The van der Waals surface area contributed by atoms with Crippen molar-refractivity contribution in [3.63, 3.8) is 0 Å². The second kappa shape index (κ2) is 8.69. The van der Waals surface area contributed by atoms with Crippen LogP contribution in [0.15, 0.2) is 79.0 Å². The molecule has 0 fully saturated rings. The summed E-state index contributed by atoms with van der Waals surface area (Å²) in [5.41, 5.74) is 3.80. The first-order valence-corrected chi connectivity index (χ1v) is 9.94. The quantitative estimate of drug-likeness (QED) is 0.472. The number of rotatable bonds is 7. The fourth-order valence-electron chi connectivity index (χ4n) is 4.01. The van der Waals surface area contributed by atoms with Gasteiger partial charge in [-0.3, -0.25) is 0 Å². The molecule has 0 aliphatic heterocycles. The maximum absolute atomic E-state index is 14.0. The maximum atomic E-state index is 14.0. The van der Waals surface area contributed by atoms with Crippen molar-refractivity contribution < 1.29 is 14.2 Å². The van der Waals surface area contributed by atoms with E-state index >= 15 is 0 Å². The molecule has 0 saturated carbocycles. The second-order valence-corrected chi connectivity index (χ2v) is 7.32. The Bertz CT molecular complexity index is 1140. The summed E-state index contributed by atoms with van der Waals surface area (Å²) in [6, 6.07) is 22.0. The number of benzene rings is 3. The lowest BCUT2D eigenvalue weighted by molar-refractivity contribution is 0.132. The van der Waals surface area contributed by atoms with Gasteiger partial charge in [0.1, 0.15) is 11.6 Å². The average molecular weight is 404 g/mol. The highest BCUT2D eigenvalue weighted by atomic mass is 19.1. The van der Waals surface area contributed by atoms with Crippen molar-refractivity contribution in [3.8, 4) is 16.9 Å². The van der Waals surface area contributed by atoms with E-state index in [1.165, 1.54) is 12.1 Å². The van der Waals surface area contributed by atoms with E-state index in [-0.39, 0.29) is 5.82 Å². The molecular weight excluding hydrogens is 379 g/mol. The molecule has 5 heteroatoms. The first-order chi connectivity index (χ1) is 14.6. The molecular formula is C25H25FN2O2. The minimum absolute atomic E-state index is 0.319. The highest BCUT2D eigenvalue weighted by Gasteiger charge is 2.25. The minimum Gasteiger partial charge on any atom is -0.497 e. The molecule has 1 heterocycles. The number of aromatic nitrogens is 1. The van der Waals surface area contributed by atoms with Crippen LogP contribution in [0.1, 0.15) is 11.6 Å². The van der Waals surface area contributed by atoms with E-state index in [0.717, 1.165) is 33.3 Å². The Balaban J connectivity index is 1.91. The minimum atomic E-state index is -0.740. The zero-order valence-corrected chi connectivity index (χ0v) is 17.0. The standard InChI is InChI=1S/C25H25FN2O2/c1-27-15-24(29)25(18-6-5-7-19(26)14-18)28-16-22(21-8-3-4-9-23(21)28)17-10-12-20(30-2)13-11-17/h3-14,16,24-25,27,29H,15H2,1-2H3/t24-,25+/m1/s1. The van der Waals surface area contributed by atoms with Crippen molar-refractivity contribution in [1.82, 2.24) is 9.88 Å². The highest BCUT2D eigenvalue weighted by molar-refractivity contribution is 5.96. The molecule has 0 radical (unpaired) electrons. The summed E-state index contributed by atoms with van der Waals surface area (Å²) in [6.45, 7) is 0.381. The van der Waals surface area contributed by atoms with Crippen molar-refractivity contribution >= 4 is 10.9 Å². The molecule has 0 saturated heterocycles.